The first-order valence-corrected chi connectivity index (χ1v) is 7.28. The van der Waals surface area contributed by atoms with Crippen molar-refractivity contribution >= 4 is 5.97 Å². The third kappa shape index (κ3) is 2.86. The van der Waals surface area contributed by atoms with Crippen LogP contribution in [0.4, 0.5) is 0 Å². The number of hydrogen-bond donors (Lipinski definition) is 1. The standard InChI is InChI=1S/C16H21NO3/c1-19-16(18)8-11-4-2-3-5-12(11)10-17-14-9-13-6-7-15(14)20-13/h2-5,13-15,17H,6-10H2,1H3. The van der Waals surface area contributed by atoms with Crippen LogP contribution in [0.1, 0.15) is 30.4 Å². The topological polar surface area (TPSA) is 47.6 Å². The molecule has 1 aromatic carbocycles. The summed E-state index contributed by atoms with van der Waals surface area (Å²) in [7, 11) is 1.43. The van der Waals surface area contributed by atoms with Crippen molar-refractivity contribution in [3.63, 3.8) is 0 Å². The van der Waals surface area contributed by atoms with E-state index in [0.717, 1.165) is 18.5 Å². The van der Waals surface area contributed by atoms with Crippen molar-refractivity contribution in [2.75, 3.05) is 7.11 Å². The second-order valence-electron chi connectivity index (χ2n) is 5.62. The Labute approximate surface area is 119 Å². The Hall–Kier alpha value is -1.39. The molecule has 0 aliphatic carbocycles. The third-order valence-corrected chi connectivity index (χ3v) is 4.34. The van der Waals surface area contributed by atoms with Crippen LogP contribution < -0.4 is 5.32 Å². The van der Waals surface area contributed by atoms with Crippen molar-refractivity contribution in [2.24, 2.45) is 0 Å². The van der Waals surface area contributed by atoms with Crippen molar-refractivity contribution in [3.05, 3.63) is 35.4 Å². The van der Waals surface area contributed by atoms with Gasteiger partial charge in [0.15, 0.2) is 0 Å². The molecule has 4 heteroatoms. The zero-order valence-corrected chi connectivity index (χ0v) is 11.8. The minimum atomic E-state index is -0.194. The largest absolute Gasteiger partial charge is 0.469 e. The Morgan fingerprint density at radius 2 is 2.15 bits per heavy atom. The van der Waals surface area contributed by atoms with E-state index < -0.39 is 0 Å². The molecule has 108 valence electrons. The highest BCUT2D eigenvalue weighted by Crippen LogP contribution is 2.34. The second-order valence-corrected chi connectivity index (χ2v) is 5.62. The van der Waals surface area contributed by atoms with Crippen LogP contribution in [-0.2, 0) is 27.2 Å². The van der Waals surface area contributed by atoms with Gasteiger partial charge in [0, 0.05) is 12.6 Å². The summed E-state index contributed by atoms with van der Waals surface area (Å²) in [4.78, 5) is 11.4. The van der Waals surface area contributed by atoms with Crippen LogP contribution in [0, 0.1) is 0 Å². The van der Waals surface area contributed by atoms with Crippen LogP contribution in [0.5, 0.6) is 0 Å². The number of ether oxygens (including phenoxy) is 2. The van der Waals surface area contributed by atoms with Gasteiger partial charge in [0.2, 0.25) is 0 Å². The summed E-state index contributed by atoms with van der Waals surface area (Å²) in [6.07, 6.45) is 4.68. The smallest absolute Gasteiger partial charge is 0.309 e. The number of rotatable bonds is 5. The lowest BCUT2D eigenvalue weighted by Crippen LogP contribution is -2.37. The zero-order valence-electron chi connectivity index (χ0n) is 11.8. The first-order chi connectivity index (χ1) is 9.76. The normalized spacial score (nSPS) is 27.8. The van der Waals surface area contributed by atoms with Gasteiger partial charge in [0.1, 0.15) is 0 Å². The van der Waals surface area contributed by atoms with E-state index in [2.05, 4.69) is 11.4 Å². The summed E-state index contributed by atoms with van der Waals surface area (Å²) in [6.45, 7) is 0.782. The summed E-state index contributed by atoms with van der Waals surface area (Å²) >= 11 is 0. The molecule has 20 heavy (non-hydrogen) atoms. The Morgan fingerprint density at radius 3 is 2.80 bits per heavy atom. The average Bonchev–Trinajstić information content (AvgIpc) is 3.08. The molecule has 0 amide bonds. The minimum absolute atomic E-state index is 0.194. The lowest BCUT2D eigenvalue weighted by molar-refractivity contribution is -0.139. The molecular formula is C16H21NO3. The summed E-state index contributed by atoms with van der Waals surface area (Å²) < 4.78 is 10.6. The van der Waals surface area contributed by atoms with Crippen molar-refractivity contribution in [1.82, 2.24) is 5.32 Å². The van der Waals surface area contributed by atoms with Gasteiger partial charge in [0.25, 0.3) is 0 Å². The maximum absolute atomic E-state index is 11.4. The Kier molecular flexibility index (Phi) is 4.03. The summed E-state index contributed by atoms with van der Waals surface area (Å²) in [5, 5.41) is 3.58. The number of esters is 1. The Morgan fingerprint density at radius 1 is 1.35 bits per heavy atom. The number of carbonyl (C=O) groups excluding carboxylic acids is 1. The van der Waals surface area contributed by atoms with Gasteiger partial charge in [-0.05, 0) is 30.4 Å². The zero-order chi connectivity index (χ0) is 13.9. The van der Waals surface area contributed by atoms with Crippen molar-refractivity contribution < 1.29 is 14.3 Å². The van der Waals surface area contributed by atoms with Crippen LogP contribution in [0.15, 0.2) is 24.3 Å². The highest BCUT2D eigenvalue weighted by molar-refractivity contribution is 5.72. The molecule has 2 saturated heterocycles. The maximum Gasteiger partial charge on any atom is 0.309 e. The summed E-state index contributed by atoms with van der Waals surface area (Å²) in [5.41, 5.74) is 2.21. The molecule has 1 N–H and O–H groups in total. The molecule has 2 bridgehead atoms. The highest BCUT2D eigenvalue weighted by atomic mass is 16.5. The number of carbonyl (C=O) groups is 1. The molecular weight excluding hydrogens is 254 g/mol. The van der Waals surface area contributed by atoms with Gasteiger partial charge in [-0.15, -0.1) is 0 Å². The fourth-order valence-electron chi connectivity index (χ4n) is 3.22. The van der Waals surface area contributed by atoms with Crippen LogP contribution >= 0.6 is 0 Å². The molecule has 0 spiro atoms. The van der Waals surface area contributed by atoms with E-state index in [9.17, 15) is 4.79 Å². The first kappa shape index (κ1) is 13.6. The molecule has 4 nitrogen and oxygen atoms in total. The van der Waals surface area contributed by atoms with Gasteiger partial charge < -0.3 is 14.8 Å². The van der Waals surface area contributed by atoms with Crippen LogP contribution in [0.25, 0.3) is 0 Å². The predicted molar refractivity (Wildman–Crippen MR) is 75.3 cm³/mol. The molecule has 3 atom stereocenters. The number of fused-ring (bicyclic) bond motifs is 2. The van der Waals surface area contributed by atoms with Gasteiger partial charge >= 0.3 is 5.97 Å². The first-order valence-electron chi connectivity index (χ1n) is 7.28. The third-order valence-electron chi connectivity index (χ3n) is 4.34. The van der Waals surface area contributed by atoms with Crippen LogP contribution in [0.2, 0.25) is 0 Å². The summed E-state index contributed by atoms with van der Waals surface area (Å²) in [6, 6.07) is 8.49. The fourth-order valence-corrected chi connectivity index (χ4v) is 3.22. The molecule has 3 unspecified atom stereocenters. The lowest BCUT2D eigenvalue weighted by Gasteiger charge is -2.21. The monoisotopic (exact) mass is 275 g/mol. The minimum Gasteiger partial charge on any atom is -0.469 e. The van der Waals surface area contributed by atoms with E-state index in [1.165, 1.54) is 25.5 Å². The molecule has 0 aromatic heterocycles. The average molecular weight is 275 g/mol. The van der Waals surface area contributed by atoms with Crippen LogP contribution in [0.3, 0.4) is 0 Å². The highest BCUT2D eigenvalue weighted by Gasteiger charge is 2.40. The lowest BCUT2D eigenvalue weighted by atomic mass is 9.95. The van der Waals surface area contributed by atoms with E-state index in [0.29, 0.717) is 24.7 Å². The van der Waals surface area contributed by atoms with Gasteiger partial charge in [-0.3, -0.25) is 4.79 Å². The molecule has 2 aliphatic heterocycles. The Balaban J connectivity index is 1.61. The molecule has 2 heterocycles. The molecule has 0 radical (unpaired) electrons. The quantitative estimate of drug-likeness (QED) is 0.833. The molecule has 3 rings (SSSR count). The number of hydrogen-bond acceptors (Lipinski definition) is 4. The van der Waals surface area contributed by atoms with E-state index in [4.69, 9.17) is 9.47 Å². The van der Waals surface area contributed by atoms with Gasteiger partial charge in [-0.1, -0.05) is 24.3 Å². The predicted octanol–water partition coefficient (Wildman–Crippen LogP) is 1.81. The second kappa shape index (κ2) is 5.94. The van der Waals surface area contributed by atoms with Gasteiger partial charge in [-0.2, -0.15) is 0 Å². The summed E-state index contributed by atoms with van der Waals surface area (Å²) in [5.74, 6) is -0.194. The fraction of sp³-hybridized carbons (Fsp3) is 0.562. The molecule has 2 fully saturated rings. The SMILES string of the molecule is COC(=O)Cc1ccccc1CNC1CC2CCC1O2. The van der Waals surface area contributed by atoms with E-state index in [-0.39, 0.29) is 5.97 Å². The molecule has 1 aromatic rings. The van der Waals surface area contributed by atoms with E-state index in [1.807, 2.05) is 18.2 Å². The number of methoxy groups -OCH3 is 1. The molecule has 0 saturated carbocycles. The van der Waals surface area contributed by atoms with Crippen molar-refractivity contribution in [3.8, 4) is 0 Å². The van der Waals surface area contributed by atoms with Gasteiger partial charge in [0.05, 0.1) is 25.7 Å². The van der Waals surface area contributed by atoms with Crippen molar-refractivity contribution in [2.45, 2.75) is 50.5 Å². The number of benzene rings is 1. The van der Waals surface area contributed by atoms with Gasteiger partial charge in [-0.25, -0.2) is 0 Å². The van der Waals surface area contributed by atoms with Crippen LogP contribution in [-0.4, -0.2) is 31.3 Å². The van der Waals surface area contributed by atoms with Crippen molar-refractivity contribution in [1.29, 1.82) is 0 Å². The maximum atomic E-state index is 11.4. The molecule has 2 aliphatic rings. The van der Waals surface area contributed by atoms with E-state index >= 15 is 0 Å². The number of nitrogens with one attached hydrogen (secondary N) is 1. The van der Waals surface area contributed by atoms with E-state index in [1.54, 1.807) is 0 Å². The Bertz CT molecular complexity index is 488.